The number of nitrogens with one attached hydrogen (secondary N) is 1. The molecule has 1 amide bonds. The molecule has 0 aliphatic carbocycles. The molecule has 0 radical (unpaired) electrons. The number of hydrogen-bond acceptors (Lipinski definition) is 5. The maximum Gasteiger partial charge on any atom is 0.407 e. The number of nitrogens with two attached hydrogens (primary N) is 1. The first-order chi connectivity index (χ1) is 9.59. The number of carboxylic acid groups (broad SMARTS) is 1. The zero-order chi connectivity index (χ0) is 14.8. The van der Waals surface area contributed by atoms with Crippen molar-refractivity contribution in [3.63, 3.8) is 0 Å². The summed E-state index contributed by atoms with van der Waals surface area (Å²) in [7, 11) is 0. The van der Waals surface area contributed by atoms with Crippen LogP contribution in [0.1, 0.15) is 24.8 Å². The number of rotatable bonds is 8. The molecule has 1 unspecified atom stereocenters. The van der Waals surface area contributed by atoms with Crippen LogP contribution < -0.4 is 16.2 Å². The molecule has 0 spiro atoms. The molecule has 0 aliphatic heterocycles. The second-order valence-electron chi connectivity index (χ2n) is 4.41. The molecule has 6 heteroatoms. The van der Waals surface area contributed by atoms with Gasteiger partial charge in [0.25, 0.3) is 0 Å². The topological polar surface area (TPSA) is 104 Å². The van der Waals surface area contributed by atoms with Crippen LogP contribution in [0.2, 0.25) is 0 Å². The van der Waals surface area contributed by atoms with Crippen LogP contribution in [0, 0.1) is 0 Å². The minimum Gasteiger partial charge on any atom is -0.548 e. The molecule has 0 aliphatic rings. The Morgan fingerprint density at radius 2 is 1.95 bits per heavy atom. The van der Waals surface area contributed by atoms with Crippen molar-refractivity contribution in [3.05, 3.63) is 35.9 Å². The van der Waals surface area contributed by atoms with Crippen molar-refractivity contribution in [1.29, 1.82) is 0 Å². The highest BCUT2D eigenvalue weighted by atomic mass is 16.5. The quantitative estimate of drug-likeness (QED) is 0.660. The molecule has 3 N–H and O–H groups in total. The average Bonchev–Trinajstić information content (AvgIpc) is 2.45. The Balaban J connectivity index is 2.05. The molecule has 1 aromatic carbocycles. The molecule has 6 nitrogen and oxygen atoms in total. The molecule has 1 rings (SSSR count). The zero-order valence-corrected chi connectivity index (χ0v) is 11.2. The second-order valence-corrected chi connectivity index (χ2v) is 4.41. The number of amides is 1. The van der Waals surface area contributed by atoms with Crippen LogP contribution in [0.25, 0.3) is 0 Å². The monoisotopic (exact) mass is 279 g/mol. The van der Waals surface area contributed by atoms with Gasteiger partial charge in [0, 0.05) is 12.6 Å². The molecule has 1 aromatic rings. The number of alkyl carbamates (subject to hydrolysis) is 1. The van der Waals surface area contributed by atoms with E-state index in [1.165, 1.54) is 0 Å². The number of carbonyl (C=O) groups is 2. The SMILES string of the molecule is NC(CCCCNC(=O)OCc1ccccc1)C(=O)[O-]. The third kappa shape index (κ3) is 6.75. The van der Waals surface area contributed by atoms with Crippen molar-refractivity contribution in [2.45, 2.75) is 31.9 Å². The lowest BCUT2D eigenvalue weighted by atomic mass is 10.1. The van der Waals surface area contributed by atoms with E-state index < -0.39 is 18.1 Å². The van der Waals surface area contributed by atoms with Gasteiger partial charge in [-0.05, 0) is 24.8 Å². The summed E-state index contributed by atoms with van der Waals surface area (Å²) in [6, 6.07) is 8.43. The lowest BCUT2D eigenvalue weighted by Gasteiger charge is -2.12. The van der Waals surface area contributed by atoms with Gasteiger partial charge in [0.15, 0.2) is 0 Å². The Bertz CT molecular complexity index is 422. The van der Waals surface area contributed by atoms with E-state index in [4.69, 9.17) is 10.5 Å². The summed E-state index contributed by atoms with van der Waals surface area (Å²) in [5, 5.41) is 13.0. The predicted molar refractivity (Wildman–Crippen MR) is 71.5 cm³/mol. The van der Waals surface area contributed by atoms with E-state index >= 15 is 0 Å². The molecule has 0 saturated carbocycles. The lowest BCUT2D eigenvalue weighted by Crippen LogP contribution is -2.41. The highest BCUT2D eigenvalue weighted by Crippen LogP contribution is 2.01. The van der Waals surface area contributed by atoms with Crippen LogP contribution in [-0.4, -0.2) is 24.6 Å². The average molecular weight is 279 g/mol. The van der Waals surface area contributed by atoms with Gasteiger partial charge in [0.2, 0.25) is 0 Å². The van der Waals surface area contributed by atoms with E-state index in [0.29, 0.717) is 25.8 Å². The standard InChI is InChI=1S/C14H20N2O4/c15-12(13(17)18)8-4-5-9-16-14(19)20-10-11-6-2-1-3-7-11/h1-3,6-7,12H,4-5,8-10,15H2,(H,16,19)(H,17,18)/p-1. The molecule has 0 saturated heterocycles. The van der Waals surface area contributed by atoms with Crippen molar-refractivity contribution in [2.24, 2.45) is 5.73 Å². The van der Waals surface area contributed by atoms with Gasteiger partial charge in [-0.15, -0.1) is 0 Å². The summed E-state index contributed by atoms with van der Waals surface area (Å²) in [6.45, 7) is 0.648. The van der Waals surface area contributed by atoms with Gasteiger partial charge in [-0.1, -0.05) is 30.3 Å². The minimum absolute atomic E-state index is 0.224. The Kier molecular flexibility index (Phi) is 7.13. The highest BCUT2D eigenvalue weighted by molar-refractivity contribution is 5.70. The van der Waals surface area contributed by atoms with Crippen LogP contribution >= 0.6 is 0 Å². The number of unbranched alkanes of at least 4 members (excludes halogenated alkanes) is 1. The van der Waals surface area contributed by atoms with E-state index in [9.17, 15) is 14.7 Å². The van der Waals surface area contributed by atoms with E-state index in [1.807, 2.05) is 30.3 Å². The Labute approximate surface area is 117 Å². The first-order valence-electron chi connectivity index (χ1n) is 6.50. The minimum atomic E-state index is -1.25. The summed E-state index contributed by atoms with van der Waals surface area (Å²) < 4.78 is 5.02. The van der Waals surface area contributed by atoms with Crippen LogP contribution in [0.4, 0.5) is 4.79 Å². The molecule has 0 fully saturated rings. The summed E-state index contributed by atoms with van der Waals surface area (Å²) in [5.74, 6) is -1.25. The van der Waals surface area contributed by atoms with Crippen molar-refractivity contribution in [3.8, 4) is 0 Å². The Morgan fingerprint density at radius 1 is 1.25 bits per heavy atom. The zero-order valence-electron chi connectivity index (χ0n) is 11.2. The first kappa shape index (κ1) is 16.0. The van der Waals surface area contributed by atoms with Gasteiger partial charge in [-0.3, -0.25) is 0 Å². The summed E-state index contributed by atoms with van der Waals surface area (Å²) in [6.07, 6.45) is 1.09. The summed E-state index contributed by atoms with van der Waals surface area (Å²) in [5.41, 5.74) is 6.22. The lowest BCUT2D eigenvalue weighted by molar-refractivity contribution is -0.307. The van der Waals surface area contributed by atoms with Gasteiger partial charge < -0.3 is 25.7 Å². The summed E-state index contributed by atoms with van der Waals surface area (Å²) in [4.78, 5) is 21.7. The Hall–Kier alpha value is -2.08. The third-order valence-electron chi connectivity index (χ3n) is 2.73. The molecule has 110 valence electrons. The van der Waals surface area contributed by atoms with E-state index in [0.717, 1.165) is 5.56 Å². The fraction of sp³-hybridized carbons (Fsp3) is 0.429. The molecule has 0 aromatic heterocycles. The number of carboxylic acids is 1. The van der Waals surface area contributed by atoms with Crippen molar-refractivity contribution >= 4 is 12.1 Å². The van der Waals surface area contributed by atoms with E-state index in [-0.39, 0.29) is 6.61 Å². The highest BCUT2D eigenvalue weighted by Gasteiger charge is 2.04. The Morgan fingerprint density at radius 3 is 2.60 bits per heavy atom. The molecule has 0 heterocycles. The molecular formula is C14H19N2O4-. The van der Waals surface area contributed by atoms with Gasteiger partial charge in [-0.25, -0.2) is 4.79 Å². The van der Waals surface area contributed by atoms with Crippen LogP contribution in [0.15, 0.2) is 30.3 Å². The first-order valence-corrected chi connectivity index (χ1v) is 6.50. The largest absolute Gasteiger partial charge is 0.548 e. The van der Waals surface area contributed by atoms with Crippen LogP contribution in [0.5, 0.6) is 0 Å². The molecule has 1 atom stereocenters. The normalized spacial score (nSPS) is 11.7. The number of hydrogen-bond donors (Lipinski definition) is 2. The number of aliphatic carboxylic acids is 1. The van der Waals surface area contributed by atoms with Crippen molar-refractivity contribution < 1.29 is 19.4 Å². The maximum atomic E-state index is 11.4. The third-order valence-corrected chi connectivity index (χ3v) is 2.73. The van der Waals surface area contributed by atoms with Crippen molar-refractivity contribution in [1.82, 2.24) is 5.32 Å². The van der Waals surface area contributed by atoms with Gasteiger partial charge in [0.05, 0.1) is 5.97 Å². The van der Waals surface area contributed by atoms with Gasteiger partial charge in [0.1, 0.15) is 6.61 Å². The maximum absolute atomic E-state index is 11.4. The van der Waals surface area contributed by atoms with E-state index in [2.05, 4.69) is 5.32 Å². The second kappa shape index (κ2) is 8.92. The molecule has 0 bridgehead atoms. The van der Waals surface area contributed by atoms with Crippen molar-refractivity contribution in [2.75, 3.05) is 6.54 Å². The smallest absolute Gasteiger partial charge is 0.407 e. The fourth-order valence-electron chi connectivity index (χ4n) is 1.57. The van der Waals surface area contributed by atoms with Gasteiger partial charge >= 0.3 is 6.09 Å². The van der Waals surface area contributed by atoms with E-state index in [1.54, 1.807) is 0 Å². The predicted octanol–water partition coefficient (Wildman–Crippen LogP) is 0.160. The summed E-state index contributed by atoms with van der Waals surface area (Å²) >= 11 is 0. The number of ether oxygens (including phenoxy) is 1. The molecular weight excluding hydrogens is 260 g/mol. The van der Waals surface area contributed by atoms with Gasteiger partial charge in [-0.2, -0.15) is 0 Å². The van der Waals surface area contributed by atoms with Crippen LogP contribution in [-0.2, 0) is 16.1 Å². The van der Waals surface area contributed by atoms with Crippen LogP contribution in [0.3, 0.4) is 0 Å². The molecule has 20 heavy (non-hydrogen) atoms. The fourth-order valence-corrected chi connectivity index (χ4v) is 1.57. The number of carbonyl (C=O) groups excluding carboxylic acids is 2. The number of benzene rings is 1.